The summed E-state index contributed by atoms with van der Waals surface area (Å²) in [7, 11) is 0. The molecular weight excluding hydrogens is 461 g/mol. The van der Waals surface area contributed by atoms with Gasteiger partial charge in [0.1, 0.15) is 23.2 Å². The molecule has 2 aromatic carbocycles. The summed E-state index contributed by atoms with van der Waals surface area (Å²) < 4.78 is 20.6. The second kappa shape index (κ2) is 9.37. The van der Waals surface area contributed by atoms with E-state index in [0.717, 1.165) is 29.7 Å². The molecule has 0 atom stereocenters. The number of aryl methyl sites for hydroxylation is 2. The van der Waals surface area contributed by atoms with Crippen molar-refractivity contribution in [2.24, 2.45) is 0 Å². The summed E-state index contributed by atoms with van der Waals surface area (Å²) in [6.45, 7) is 0.814. The molecule has 2 aromatic heterocycles. The van der Waals surface area contributed by atoms with Crippen LogP contribution >= 0.6 is 22.9 Å². The highest BCUT2D eigenvalue weighted by Crippen LogP contribution is 2.27. The highest BCUT2D eigenvalue weighted by Gasteiger charge is 2.15. The predicted octanol–water partition coefficient (Wildman–Crippen LogP) is 6.11. The molecule has 0 aliphatic heterocycles. The van der Waals surface area contributed by atoms with Crippen LogP contribution in [0.3, 0.4) is 0 Å². The summed E-state index contributed by atoms with van der Waals surface area (Å²) in [6, 6.07) is 14.2. The minimum Gasteiger partial charge on any atom is -0.489 e. The van der Waals surface area contributed by atoms with Gasteiger partial charge in [0.25, 0.3) is 5.91 Å². The highest BCUT2D eigenvalue weighted by molar-refractivity contribution is 7.12. The van der Waals surface area contributed by atoms with E-state index >= 15 is 0 Å². The first-order valence-electron chi connectivity index (χ1n) is 10.6. The van der Waals surface area contributed by atoms with Crippen molar-refractivity contribution in [3.8, 4) is 5.75 Å². The van der Waals surface area contributed by atoms with E-state index in [1.807, 2.05) is 17.5 Å². The molecule has 0 unspecified atom stereocenters. The Morgan fingerprint density at radius 3 is 2.79 bits per heavy atom. The standard InChI is InChI=1S/C25H21ClFN3O2S/c26-22-13-30(12-16-4-7-20(27)8-5-16)29-24(22)28-25(31)23-10-17(15-33-23)14-32-21-9-6-18-2-1-3-19(18)11-21/h4-11,13,15H,1-3,12,14H2,(H,28,29,31). The number of benzene rings is 2. The fourth-order valence-corrected chi connectivity index (χ4v) is 4.87. The largest absolute Gasteiger partial charge is 0.489 e. The molecular formula is C25H21ClFN3O2S. The van der Waals surface area contributed by atoms with Gasteiger partial charge in [-0.1, -0.05) is 29.8 Å². The van der Waals surface area contributed by atoms with Crippen molar-refractivity contribution in [3.05, 3.63) is 98.1 Å². The lowest BCUT2D eigenvalue weighted by Gasteiger charge is -2.07. The van der Waals surface area contributed by atoms with Crippen molar-refractivity contribution < 1.29 is 13.9 Å². The van der Waals surface area contributed by atoms with Crippen LogP contribution in [-0.2, 0) is 26.0 Å². The maximum atomic E-state index is 13.1. The van der Waals surface area contributed by atoms with Crippen LogP contribution in [0.25, 0.3) is 0 Å². The van der Waals surface area contributed by atoms with Crippen LogP contribution in [0.5, 0.6) is 5.75 Å². The van der Waals surface area contributed by atoms with Crippen molar-refractivity contribution in [3.63, 3.8) is 0 Å². The first-order valence-corrected chi connectivity index (χ1v) is 11.9. The van der Waals surface area contributed by atoms with Gasteiger partial charge in [0.15, 0.2) is 5.82 Å². The van der Waals surface area contributed by atoms with Gasteiger partial charge in [-0.05, 0) is 71.7 Å². The fraction of sp³-hybridized carbons (Fsp3) is 0.200. The van der Waals surface area contributed by atoms with Crippen LogP contribution in [0.4, 0.5) is 10.2 Å². The zero-order chi connectivity index (χ0) is 22.8. The molecule has 0 radical (unpaired) electrons. The monoisotopic (exact) mass is 481 g/mol. The minimum atomic E-state index is -0.293. The van der Waals surface area contributed by atoms with E-state index in [-0.39, 0.29) is 17.5 Å². The van der Waals surface area contributed by atoms with E-state index in [4.69, 9.17) is 16.3 Å². The molecule has 168 valence electrons. The quantitative estimate of drug-likeness (QED) is 0.346. The number of halogens is 2. The summed E-state index contributed by atoms with van der Waals surface area (Å²) in [6.07, 6.45) is 5.09. The van der Waals surface area contributed by atoms with Crippen molar-refractivity contribution >= 4 is 34.7 Å². The number of aromatic nitrogens is 2. The van der Waals surface area contributed by atoms with Crippen LogP contribution in [0.15, 0.2) is 60.1 Å². The number of thiophene rings is 1. The van der Waals surface area contributed by atoms with Crippen LogP contribution < -0.4 is 10.1 Å². The summed E-state index contributed by atoms with van der Waals surface area (Å²) in [5.41, 5.74) is 4.59. The number of hydrogen-bond donors (Lipinski definition) is 1. The molecule has 1 aliphatic carbocycles. The normalized spacial score (nSPS) is 12.5. The van der Waals surface area contributed by atoms with Crippen LogP contribution in [0, 0.1) is 5.82 Å². The van der Waals surface area contributed by atoms with E-state index in [2.05, 4.69) is 22.5 Å². The first-order chi connectivity index (χ1) is 16.0. The van der Waals surface area contributed by atoms with E-state index in [1.54, 1.807) is 23.0 Å². The van der Waals surface area contributed by atoms with Crippen molar-refractivity contribution in [1.29, 1.82) is 0 Å². The molecule has 1 aliphatic rings. The fourth-order valence-electron chi connectivity index (χ4n) is 3.88. The van der Waals surface area contributed by atoms with Crippen molar-refractivity contribution in [2.45, 2.75) is 32.4 Å². The van der Waals surface area contributed by atoms with Crippen LogP contribution in [-0.4, -0.2) is 15.7 Å². The van der Waals surface area contributed by atoms with E-state index in [1.165, 1.54) is 41.0 Å². The van der Waals surface area contributed by atoms with Gasteiger partial charge in [-0.3, -0.25) is 9.48 Å². The molecule has 2 heterocycles. The molecule has 0 saturated carbocycles. The van der Waals surface area contributed by atoms with E-state index < -0.39 is 0 Å². The number of carbonyl (C=O) groups is 1. The van der Waals surface area contributed by atoms with Gasteiger partial charge in [-0.2, -0.15) is 5.10 Å². The molecule has 0 spiro atoms. The van der Waals surface area contributed by atoms with Crippen LogP contribution in [0.1, 0.15) is 38.3 Å². The van der Waals surface area contributed by atoms with Gasteiger partial charge in [0, 0.05) is 11.8 Å². The first kappa shape index (κ1) is 21.7. The Balaban J connectivity index is 1.19. The van der Waals surface area contributed by atoms with E-state index in [9.17, 15) is 9.18 Å². The molecule has 0 saturated heterocycles. The lowest BCUT2D eigenvalue weighted by molar-refractivity contribution is 0.103. The van der Waals surface area contributed by atoms with Gasteiger partial charge < -0.3 is 10.1 Å². The van der Waals surface area contributed by atoms with Gasteiger partial charge >= 0.3 is 0 Å². The van der Waals surface area contributed by atoms with Gasteiger partial charge in [0.2, 0.25) is 0 Å². The summed E-state index contributed by atoms with van der Waals surface area (Å²) in [5.74, 6) is 0.565. The predicted molar refractivity (Wildman–Crippen MR) is 128 cm³/mol. The van der Waals surface area contributed by atoms with E-state index in [0.29, 0.717) is 23.1 Å². The summed E-state index contributed by atoms with van der Waals surface area (Å²) in [4.78, 5) is 13.2. The van der Waals surface area contributed by atoms with Crippen LogP contribution in [0.2, 0.25) is 5.02 Å². The molecule has 5 nitrogen and oxygen atoms in total. The molecule has 33 heavy (non-hydrogen) atoms. The second-order valence-corrected chi connectivity index (χ2v) is 9.31. The number of ether oxygens (including phenoxy) is 1. The smallest absolute Gasteiger partial charge is 0.266 e. The number of fused-ring (bicyclic) bond motifs is 1. The number of nitrogens with zero attached hydrogens (tertiary/aromatic N) is 2. The van der Waals surface area contributed by atoms with Gasteiger partial charge in [-0.15, -0.1) is 11.3 Å². The summed E-state index contributed by atoms with van der Waals surface area (Å²) >= 11 is 7.60. The minimum absolute atomic E-state index is 0.280. The number of anilines is 1. The Hall–Kier alpha value is -3.16. The molecule has 1 N–H and O–H groups in total. The Labute approximate surface area is 199 Å². The molecule has 0 fully saturated rings. The zero-order valence-electron chi connectivity index (χ0n) is 17.7. The number of carbonyl (C=O) groups excluding carboxylic acids is 1. The average Bonchev–Trinajstić information content (AvgIpc) is 3.54. The zero-order valence-corrected chi connectivity index (χ0v) is 19.3. The number of rotatable bonds is 7. The van der Waals surface area contributed by atoms with Gasteiger partial charge in [0.05, 0.1) is 11.4 Å². The molecule has 8 heteroatoms. The Morgan fingerprint density at radius 1 is 1.12 bits per heavy atom. The number of hydrogen-bond acceptors (Lipinski definition) is 4. The lowest BCUT2D eigenvalue weighted by atomic mass is 10.1. The molecule has 0 bridgehead atoms. The SMILES string of the molecule is O=C(Nc1nn(Cc2ccc(F)cc2)cc1Cl)c1cc(COc2ccc3c(c2)CCC3)cs1. The van der Waals surface area contributed by atoms with Gasteiger partial charge in [-0.25, -0.2) is 4.39 Å². The number of nitrogens with one attached hydrogen (secondary N) is 1. The third kappa shape index (κ3) is 5.10. The molecule has 1 amide bonds. The topological polar surface area (TPSA) is 56.2 Å². The third-order valence-electron chi connectivity index (χ3n) is 5.56. The molecule has 5 rings (SSSR count). The Kier molecular flexibility index (Phi) is 6.15. The highest BCUT2D eigenvalue weighted by atomic mass is 35.5. The average molecular weight is 482 g/mol. The van der Waals surface area contributed by atoms with Crippen molar-refractivity contribution in [1.82, 2.24) is 9.78 Å². The Morgan fingerprint density at radius 2 is 1.94 bits per heavy atom. The number of amides is 1. The maximum Gasteiger partial charge on any atom is 0.266 e. The summed E-state index contributed by atoms with van der Waals surface area (Å²) in [5, 5.41) is 9.36. The Bertz CT molecular complexity index is 1300. The van der Waals surface area contributed by atoms with Crippen molar-refractivity contribution in [2.75, 3.05) is 5.32 Å². The second-order valence-electron chi connectivity index (χ2n) is 8.00. The maximum absolute atomic E-state index is 13.1. The third-order valence-corrected chi connectivity index (χ3v) is 6.81. The molecule has 4 aromatic rings. The lowest BCUT2D eigenvalue weighted by Crippen LogP contribution is -2.11.